The molecule has 1 aliphatic carbocycles. The first-order valence-corrected chi connectivity index (χ1v) is 9.10. The maximum atomic E-state index is 12.1. The van der Waals surface area contributed by atoms with Crippen molar-refractivity contribution in [2.45, 2.75) is 43.8 Å². The second-order valence-electron chi connectivity index (χ2n) is 6.20. The van der Waals surface area contributed by atoms with Gasteiger partial charge >= 0.3 is 0 Å². The van der Waals surface area contributed by atoms with Gasteiger partial charge in [-0.1, -0.05) is 18.7 Å². The maximum absolute atomic E-state index is 12.1. The van der Waals surface area contributed by atoms with Crippen LogP contribution in [-0.2, 0) is 4.79 Å². The summed E-state index contributed by atoms with van der Waals surface area (Å²) in [5.41, 5.74) is 0.738. The largest absolute Gasteiger partial charge is 0.508 e. The van der Waals surface area contributed by atoms with Gasteiger partial charge in [-0.05, 0) is 66.3 Å². The molecule has 24 heavy (non-hydrogen) atoms. The Morgan fingerprint density at radius 1 is 1.29 bits per heavy atom. The first-order chi connectivity index (χ1) is 11.6. The number of tetrazole rings is 1. The molecule has 0 bridgehead atoms. The lowest BCUT2D eigenvalue weighted by atomic mass is 9.87. The van der Waals surface area contributed by atoms with Crippen LogP contribution in [0.3, 0.4) is 0 Å². The Balaban J connectivity index is 1.54. The summed E-state index contributed by atoms with van der Waals surface area (Å²) >= 11 is 1.30. The van der Waals surface area contributed by atoms with E-state index in [1.54, 1.807) is 28.9 Å². The Morgan fingerprint density at radius 2 is 2.00 bits per heavy atom. The van der Waals surface area contributed by atoms with E-state index in [2.05, 4.69) is 27.8 Å². The molecular formula is C16H21N5O2S. The monoisotopic (exact) mass is 347 g/mol. The normalized spacial score (nSPS) is 20.7. The number of rotatable bonds is 5. The van der Waals surface area contributed by atoms with Crippen molar-refractivity contribution in [3.8, 4) is 11.4 Å². The predicted molar refractivity (Wildman–Crippen MR) is 91.1 cm³/mol. The summed E-state index contributed by atoms with van der Waals surface area (Å²) in [5.74, 6) is 1.24. The molecule has 1 saturated carbocycles. The van der Waals surface area contributed by atoms with E-state index in [1.165, 1.54) is 24.6 Å². The van der Waals surface area contributed by atoms with Crippen molar-refractivity contribution >= 4 is 17.7 Å². The molecule has 1 heterocycles. The van der Waals surface area contributed by atoms with E-state index >= 15 is 0 Å². The number of hydrogen-bond acceptors (Lipinski definition) is 6. The van der Waals surface area contributed by atoms with Crippen LogP contribution in [0.4, 0.5) is 0 Å². The van der Waals surface area contributed by atoms with Crippen molar-refractivity contribution in [3.05, 3.63) is 24.3 Å². The molecule has 1 aromatic carbocycles. The van der Waals surface area contributed by atoms with Crippen LogP contribution in [0.25, 0.3) is 5.69 Å². The number of phenols is 1. The molecule has 1 amide bonds. The van der Waals surface area contributed by atoms with Gasteiger partial charge in [0.1, 0.15) is 5.75 Å². The molecule has 7 nitrogen and oxygen atoms in total. The van der Waals surface area contributed by atoms with Crippen LogP contribution in [0.1, 0.15) is 32.6 Å². The average Bonchev–Trinajstić information content (AvgIpc) is 3.04. The van der Waals surface area contributed by atoms with Crippen LogP contribution in [-0.4, -0.2) is 43.0 Å². The molecule has 128 valence electrons. The van der Waals surface area contributed by atoms with E-state index in [-0.39, 0.29) is 17.4 Å². The predicted octanol–water partition coefficient (Wildman–Crippen LogP) is 2.15. The average molecular weight is 347 g/mol. The van der Waals surface area contributed by atoms with Crippen molar-refractivity contribution in [2.75, 3.05) is 5.75 Å². The summed E-state index contributed by atoms with van der Waals surface area (Å²) in [5, 5.41) is 24.6. The molecule has 2 aromatic rings. The lowest BCUT2D eigenvalue weighted by Crippen LogP contribution is -2.38. The Kier molecular flexibility index (Phi) is 5.34. The SMILES string of the molecule is CC1CCC(NC(=O)CSc2nnnn2-c2ccc(O)cc2)CC1. The second-order valence-corrected chi connectivity index (χ2v) is 7.15. The fraction of sp³-hybridized carbons (Fsp3) is 0.500. The number of nitrogens with one attached hydrogen (secondary N) is 1. The molecule has 1 aliphatic rings. The molecule has 2 N–H and O–H groups in total. The molecule has 0 radical (unpaired) electrons. The number of carbonyl (C=O) groups excluding carboxylic acids is 1. The van der Waals surface area contributed by atoms with E-state index in [4.69, 9.17) is 0 Å². The summed E-state index contributed by atoms with van der Waals surface area (Å²) < 4.78 is 1.56. The van der Waals surface area contributed by atoms with Gasteiger partial charge in [0, 0.05) is 6.04 Å². The third-order valence-corrected chi connectivity index (χ3v) is 5.17. The molecule has 1 aromatic heterocycles. The second kappa shape index (κ2) is 7.65. The number of hydrogen-bond donors (Lipinski definition) is 2. The van der Waals surface area contributed by atoms with Gasteiger partial charge in [0.15, 0.2) is 0 Å². The fourth-order valence-electron chi connectivity index (χ4n) is 2.83. The molecule has 1 fully saturated rings. The standard InChI is InChI=1S/C16H21N5O2S/c1-11-2-4-12(5-3-11)17-15(23)10-24-16-18-19-20-21(16)13-6-8-14(22)9-7-13/h6-9,11-12,22H,2-5,10H2,1H3,(H,17,23). The molecule has 8 heteroatoms. The van der Waals surface area contributed by atoms with Crippen molar-refractivity contribution < 1.29 is 9.90 Å². The number of phenolic OH excluding ortho intramolecular Hbond substituents is 1. The van der Waals surface area contributed by atoms with Crippen LogP contribution in [0, 0.1) is 5.92 Å². The number of aromatic hydroxyl groups is 1. The van der Waals surface area contributed by atoms with Crippen molar-refractivity contribution in [3.63, 3.8) is 0 Å². The Morgan fingerprint density at radius 3 is 2.71 bits per heavy atom. The highest BCUT2D eigenvalue weighted by atomic mass is 32.2. The van der Waals surface area contributed by atoms with Gasteiger partial charge in [-0.25, -0.2) is 0 Å². The minimum Gasteiger partial charge on any atom is -0.508 e. The highest BCUT2D eigenvalue weighted by molar-refractivity contribution is 7.99. The van der Waals surface area contributed by atoms with Crippen molar-refractivity contribution in [2.24, 2.45) is 5.92 Å². The number of benzene rings is 1. The van der Waals surface area contributed by atoms with Crippen molar-refractivity contribution in [1.82, 2.24) is 25.5 Å². The number of thioether (sulfide) groups is 1. The van der Waals surface area contributed by atoms with Gasteiger partial charge in [-0.15, -0.1) is 5.10 Å². The number of carbonyl (C=O) groups is 1. The van der Waals surface area contributed by atoms with Gasteiger partial charge in [0.25, 0.3) is 0 Å². The molecule has 0 aliphatic heterocycles. The smallest absolute Gasteiger partial charge is 0.230 e. The zero-order chi connectivity index (χ0) is 16.9. The number of amides is 1. The van der Waals surface area contributed by atoms with Gasteiger partial charge in [-0.2, -0.15) is 4.68 Å². The van der Waals surface area contributed by atoms with Crippen LogP contribution in [0.5, 0.6) is 5.75 Å². The maximum Gasteiger partial charge on any atom is 0.230 e. The minimum atomic E-state index is 0.0137. The summed E-state index contributed by atoms with van der Waals surface area (Å²) in [6.45, 7) is 2.26. The summed E-state index contributed by atoms with van der Waals surface area (Å²) in [7, 11) is 0. The zero-order valence-corrected chi connectivity index (χ0v) is 14.4. The van der Waals surface area contributed by atoms with E-state index in [0.717, 1.165) is 24.4 Å². The third-order valence-electron chi connectivity index (χ3n) is 4.25. The fourth-order valence-corrected chi connectivity index (χ4v) is 3.53. The van der Waals surface area contributed by atoms with Gasteiger partial charge in [0.2, 0.25) is 11.1 Å². The third kappa shape index (κ3) is 4.25. The molecule has 3 rings (SSSR count). The van der Waals surface area contributed by atoms with Crippen LogP contribution >= 0.6 is 11.8 Å². The van der Waals surface area contributed by atoms with E-state index < -0.39 is 0 Å². The number of aromatic nitrogens is 4. The quantitative estimate of drug-likeness (QED) is 0.805. The first-order valence-electron chi connectivity index (χ1n) is 8.12. The number of nitrogens with zero attached hydrogens (tertiary/aromatic N) is 4. The van der Waals surface area contributed by atoms with Crippen LogP contribution < -0.4 is 5.32 Å². The summed E-state index contributed by atoms with van der Waals surface area (Å²) in [6, 6.07) is 6.88. The summed E-state index contributed by atoms with van der Waals surface area (Å²) in [6.07, 6.45) is 4.47. The molecule has 0 spiro atoms. The lowest BCUT2D eigenvalue weighted by molar-refractivity contribution is -0.119. The lowest BCUT2D eigenvalue weighted by Gasteiger charge is -2.26. The first kappa shape index (κ1) is 16.8. The zero-order valence-electron chi connectivity index (χ0n) is 13.6. The topological polar surface area (TPSA) is 92.9 Å². The Labute approximate surface area is 144 Å². The van der Waals surface area contributed by atoms with Crippen molar-refractivity contribution in [1.29, 1.82) is 0 Å². The van der Waals surface area contributed by atoms with Gasteiger partial charge in [-0.3, -0.25) is 4.79 Å². The highest BCUT2D eigenvalue weighted by Gasteiger charge is 2.20. The van der Waals surface area contributed by atoms with E-state index in [0.29, 0.717) is 11.2 Å². The van der Waals surface area contributed by atoms with Crippen LogP contribution in [0.15, 0.2) is 29.4 Å². The van der Waals surface area contributed by atoms with Gasteiger partial charge in [0.05, 0.1) is 11.4 Å². The Bertz CT molecular complexity index is 680. The van der Waals surface area contributed by atoms with Crippen LogP contribution in [0.2, 0.25) is 0 Å². The highest BCUT2D eigenvalue weighted by Crippen LogP contribution is 2.24. The van der Waals surface area contributed by atoms with E-state index in [9.17, 15) is 9.90 Å². The molecule has 0 atom stereocenters. The summed E-state index contributed by atoms with van der Waals surface area (Å²) in [4.78, 5) is 12.1. The minimum absolute atomic E-state index is 0.0137. The molecule has 0 saturated heterocycles. The molecular weight excluding hydrogens is 326 g/mol. The Hall–Kier alpha value is -2.09. The van der Waals surface area contributed by atoms with Gasteiger partial charge < -0.3 is 10.4 Å². The van der Waals surface area contributed by atoms with E-state index in [1.807, 2.05) is 0 Å². The molecule has 0 unspecified atom stereocenters.